The van der Waals surface area contributed by atoms with Crippen LogP contribution in [-0.4, -0.2) is 79.2 Å². The Hall–Kier alpha value is -3.47. The van der Waals surface area contributed by atoms with Gasteiger partial charge >= 0.3 is 0 Å². The lowest BCUT2D eigenvalue weighted by Crippen LogP contribution is -2.55. The van der Waals surface area contributed by atoms with E-state index in [-0.39, 0.29) is 36.2 Å². The van der Waals surface area contributed by atoms with E-state index >= 15 is 0 Å². The highest BCUT2D eigenvalue weighted by atomic mass is 32.2. The van der Waals surface area contributed by atoms with Gasteiger partial charge in [0.05, 0.1) is 10.7 Å². The first-order chi connectivity index (χ1) is 16.1. The minimum atomic E-state index is -3.32. The summed E-state index contributed by atoms with van der Waals surface area (Å²) < 4.78 is 23.7. The minimum Gasteiger partial charge on any atom is -0.368 e. The Morgan fingerprint density at radius 3 is 2.29 bits per heavy atom. The first-order valence-corrected chi connectivity index (χ1v) is 13.0. The fourth-order valence-electron chi connectivity index (χ4n) is 4.45. The number of fused-ring (bicyclic) bond motifs is 1. The Morgan fingerprint density at radius 1 is 1.06 bits per heavy atom. The van der Waals surface area contributed by atoms with Crippen molar-refractivity contribution in [2.24, 2.45) is 0 Å². The summed E-state index contributed by atoms with van der Waals surface area (Å²) in [4.78, 5) is 42.1. The summed E-state index contributed by atoms with van der Waals surface area (Å²) in [5.74, 6) is -0.702. The molecular formula is C23H26N4O6S. The molecule has 34 heavy (non-hydrogen) atoms. The number of rotatable bonds is 7. The van der Waals surface area contributed by atoms with Gasteiger partial charge in [0.2, 0.25) is 5.91 Å². The van der Waals surface area contributed by atoms with Crippen molar-refractivity contribution in [3.63, 3.8) is 0 Å². The summed E-state index contributed by atoms with van der Waals surface area (Å²) in [5, 5.41) is 10.9. The van der Waals surface area contributed by atoms with E-state index in [1.807, 2.05) is 17.0 Å². The summed E-state index contributed by atoms with van der Waals surface area (Å²) in [6.07, 6.45) is 1.16. The average molecular weight is 487 g/mol. The van der Waals surface area contributed by atoms with Crippen LogP contribution in [0.4, 0.5) is 11.4 Å². The highest BCUT2D eigenvalue weighted by Gasteiger charge is 2.39. The zero-order chi connectivity index (χ0) is 24.5. The van der Waals surface area contributed by atoms with Crippen molar-refractivity contribution in [1.82, 2.24) is 9.80 Å². The fraction of sp³-hybridized carbons (Fsp3) is 0.391. The number of nitro benzene ring substituents is 1. The molecule has 2 heterocycles. The van der Waals surface area contributed by atoms with Crippen molar-refractivity contribution >= 4 is 33.0 Å². The lowest BCUT2D eigenvalue weighted by molar-refractivity contribution is -0.384. The molecule has 4 rings (SSSR count). The number of nitrogens with zero attached hydrogens (tertiary/aromatic N) is 4. The number of benzene rings is 2. The molecule has 0 spiro atoms. The second-order valence-electron chi connectivity index (χ2n) is 8.61. The van der Waals surface area contributed by atoms with E-state index in [1.54, 1.807) is 29.2 Å². The molecule has 2 aromatic carbocycles. The third-order valence-electron chi connectivity index (χ3n) is 6.29. The SMILES string of the molecule is CS(=O)(=O)CCC(C(=O)N1CCN(c2ccc([N+](=O)[O-])cc2)CC1)N1Cc2ccccc2C1=O. The Bertz CT molecular complexity index is 1210. The molecular weight excluding hydrogens is 460 g/mol. The van der Waals surface area contributed by atoms with E-state index in [0.717, 1.165) is 17.5 Å². The van der Waals surface area contributed by atoms with Crippen LogP contribution in [-0.2, 0) is 21.2 Å². The fourth-order valence-corrected chi connectivity index (χ4v) is 5.10. The van der Waals surface area contributed by atoms with Crippen molar-refractivity contribution in [1.29, 1.82) is 0 Å². The smallest absolute Gasteiger partial charge is 0.269 e. The molecule has 0 N–H and O–H groups in total. The molecule has 0 radical (unpaired) electrons. The quantitative estimate of drug-likeness (QED) is 0.431. The van der Waals surface area contributed by atoms with Gasteiger partial charge in [-0.15, -0.1) is 0 Å². The topological polar surface area (TPSA) is 121 Å². The van der Waals surface area contributed by atoms with Gasteiger partial charge in [0.1, 0.15) is 15.9 Å². The van der Waals surface area contributed by atoms with Crippen molar-refractivity contribution in [2.75, 3.05) is 43.1 Å². The maximum atomic E-state index is 13.5. The average Bonchev–Trinajstić information content (AvgIpc) is 3.15. The second kappa shape index (κ2) is 9.41. The summed E-state index contributed by atoms with van der Waals surface area (Å²) in [6, 6.07) is 12.6. The molecule has 2 aromatic rings. The number of hydrogen-bond acceptors (Lipinski definition) is 7. The number of piperazine rings is 1. The van der Waals surface area contributed by atoms with Crippen molar-refractivity contribution < 1.29 is 22.9 Å². The third kappa shape index (κ3) is 5.04. The maximum Gasteiger partial charge on any atom is 0.269 e. The molecule has 0 bridgehead atoms. The zero-order valence-corrected chi connectivity index (χ0v) is 19.6. The largest absolute Gasteiger partial charge is 0.368 e. The Labute approximate surface area is 197 Å². The van der Waals surface area contributed by atoms with E-state index in [2.05, 4.69) is 0 Å². The molecule has 180 valence electrons. The molecule has 0 saturated carbocycles. The molecule has 1 atom stereocenters. The third-order valence-corrected chi connectivity index (χ3v) is 7.27. The van der Waals surface area contributed by atoms with Gasteiger partial charge in [-0.3, -0.25) is 19.7 Å². The summed E-state index contributed by atoms with van der Waals surface area (Å²) >= 11 is 0. The molecule has 0 aromatic heterocycles. The highest BCUT2D eigenvalue weighted by Crippen LogP contribution is 2.27. The molecule has 1 unspecified atom stereocenters. The molecule has 10 nitrogen and oxygen atoms in total. The number of anilines is 1. The van der Waals surface area contributed by atoms with Crippen LogP contribution < -0.4 is 4.90 Å². The second-order valence-corrected chi connectivity index (χ2v) is 10.9. The van der Waals surface area contributed by atoms with Gasteiger partial charge in [-0.1, -0.05) is 18.2 Å². The molecule has 2 aliphatic heterocycles. The van der Waals surface area contributed by atoms with E-state index in [0.29, 0.717) is 31.7 Å². The van der Waals surface area contributed by atoms with E-state index in [1.165, 1.54) is 17.0 Å². The van der Waals surface area contributed by atoms with Crippen LogP contribution in [0, 0.1) is 10.1 Å². The van der Waals surface area contributed by atoms with Gasteiger partial charge in [-0.05, 0) is 30.2 Å². The molecule has 1 saturated heterocycles. The Kier molecular flexibility index (Phi) is 6.56. The summed E-state index contributed by atoms with van der Waals surface area (Å²) in [5.41, 5.74) is 2.22. The van der Waals surface area contributed by atoms with Crippen LogP contribution >= 0.6 is 0 Å². The predicted octanol–water partition coefficient (Wildman–Crippen LogP) is 1.70. The lowest BCUT2D eigenvalue weighted by atomic mass is 10.1. The first-order valence-electron chi connectivity index (χ1n) is 11.0. The number of sulfone groups is 1. The Morgan fingerprint density at radius 2 is 1.71 bits per heavy atom. The summed E-state index contributed by atoms with van der Waals surface area (Å²) in [6.45, 7) is 2.13. The van der Waals surface area contributed by atoms with Crippen LogP contribution in [0.25, 0.3) is 0 Å². The lowest BCUT2D eigenvalue weighted by Gasteiger charge is -2.39. The number of nitro groups is 1. The highest BCUT2D eigenvalue weighted by molar-refractivity contribution is 7.90. The van der Waals surface area contributed by atoms with Crippen LogP contribution in [0.5, 0.6) is 0 Å². The number of carbonyl (C=O) groups is 2. The number of non-ortho nitro benzene ring substituents is 1. The monoisotopic (exact) mass is 486 g/mol. The molecule has 1 fully saturated rings. The van der Waals surface area contributed by atoms with Crippen molar-refractivity contribution in [3.05, 3.63) is 69.8 Å². The normalized spacial score (nSPS) is 17.0. The minimum absolute atomic E-state index is 0.0163. The standard InChI is InChI=1S/C23H26N4O6S/c1-34(32,33)15-10-21(26-16-17-4-2-3-5-20(17)22(26)28)23(29)25-13-11-24(12-14-25)18-6-8-19(9-7-18)27(30)31/h2-9,21H,10-16H2,1H3. The predicted molar refractivity (Wildman–Crippen MR) is 126 cm³/mol. The number of carbonyl (C=O) groups excluding carboxylic acids is 2. The Balaban J connectivity index is 1.46. The number of amides is 2. The van der Waals surface area contributed by atoms with Gasteiger partial charge in [-0.2, -0.15) is 0 Å². The number of hydrogen-bond donors (Lipinski definition) is 0. The van der Waals surface area contributed by atoms with Crippen LogP contribution in [0.15, 0.2) is 48.5 Å². The van der Waals surface area contributed by atoms with Crippen LogP contribution in [0.2, 0.25) is 0 Å². The van der Waals surface area contributed by atoms with Gasteiger partial charge in [-0.25, -0.2) is 8.42 Å². The summed E-state index contributed by atoms with van der Waals surface area (Å²) in [7, 11) is -3.32. The van der Waals surface area contributed by atoms with E-state index < -0.39 is 20.8 Å². The van der Waals surface area contributed by atoms with Gasteiger partial charge < -0.3 is 14.7 Å². The van der Waals surface area contributed by atoms with Gasteiger partial charge in [0.25, 0.3) is 11.6 Å². The van der Waals surface area contributed by atoms with Gasteiger partial charge in [0.15, 0.2) is 0 Å². The maximum absolute atomic E-state index is 13.5. The molecule has 2 amide bonds. The van der Waals surface area contributed by atoms with Crippen molar-refractivity contribution in [2.45, 2.75) is 19.0 Å². The van der Waals surface area contributed by atoms with E-state index in [9.17, 15) is 28.1 Å². The molecule has 2 aliphatic rings. The van der Waals surface area contributed by atoms with E-state index in [4.69, 9.17) is 0 Å². The van der Waals surface area contributed by atoms with Crippen LogP contribution in [0.1, 0.15) is 22.3 Å². The zero-order valence-electron chi connectivity index (χ0n) is 18.8. The van der Waals surface area contributed by atoms with Crippen molar-refractivity contribution in [3.8, 4) is 0 Å². The first kappa shape index (κ1) is 23.7. The van der Waals surface area contributed by atoms with Crippen LogP contribution in [0.3, 0.4) is 0 Å². The van der Waals surface area contributed by atoms with Gasteiger partial charge in [0, 0.05) is 62.4 Å². The molecule has 11 heteroatoms. The molecule has 0 aliphatic carbocycles.